The Bertz CT molecular complexity index is 183. The molecule has 2 fully saturated rings. The Morgan fingerprint density at radius 1 is 1.29 bits per heavy atom. The number of likely N-dealkylation sites (tertiary alicyclic amines) is 1. The average Bonchev–Trinajstić information content (AvgIpc) is 2.23. The van der Waals surface area contributed by atoms with E-state index in [0.717, 1.165) is 5.92 Å². The fourth-order valence-electron chi connectivity index (χ4n) is 3.33. The van der Waals surface area contributed by atoms with E-state index in [1.54, 1.807) is 0 Å². The van der Waals surface area contributed by atoms with Gasteiger partial charge in [0.15, 0.2) is 0 Å². The van der Waals surface area contributed by atoms with E-state index >= 15 is 0 Å². The van der Waals surface area contributed by atoms with Gasteiger partial charge in [-0.2, -0.15) is 0 Å². The molecule has 1 spiro atoms. The van der Waals surface area contributed by atoms with Gasteiger partial charge in [-0.15, -0.1) is 0 Å². The minimum Gasteiger partial charge on any atom is -0.316 e. The summed E-state index contributed by atoms with van der Waals surface area (Å²) in [6.07, 6.45) is 5.64. The first-order valence-electron chi connectivity index (χ1n) is 6.16. The maximum Gasteiger partial charge on any atom is -0.00153 e. The fraction of sp³-hybridized carbons (Fsp3) is 1.00. The quantitative estimate of drug-likeness (QED) is 0.687. The van der Waals surface area contributed by atoms with Crippen molar-refractivity contribution in [1.29, 1.82) is 0 Å². The zero-order valence-corrected chi connectivity index (χ0v) is 9.68. The number of piperidine rings is 2. The Morgan fingerprint density at radius 3 is 2.64 bits per heavy atom. The van der Waals surface area contributed by atoms with Crippen LogP contribution in [0.1, 0.15) is 32.6 Å². The van der Waals surface area contributed by atoms with Gasteiger partial charge < -0.3 is 10.2 Å². The second kappa shape index (κ2) is 4.19. The van der Waals surface area contributed by atoms with E-state index in [1.807, 2.05) is 0 Å². The van der Waals surface area contributed by atoms with Crippen molar-refractivity contribution in [3.8, 4) is 0 Å². The Balaban J connectivity index is 2.03. The maximum atomic E-state index is 3.55. The topological polar surface area (TPSA) is 15.3 Å². The summed E-state index contributed by atoms with van der Waals surface area (Å²) >= 11 is 0. The highest BCUT2D eigenvalue weighted by Crippen LogP contribution is 2.44. The smallest absolute Gasteiger partial charge is 0.00153 e. The number of hydrogen-bond donors (Lipinski definition) is 1. The van der Waals surface area contributed by atoms with Gasteiger partial charge in [-0.1, -0.05) is 13.3 Å². The second-order valence-corrected chi connectivity index (χ2v) is 5.22. The number of nitrogens with one attached hydrogen (secondary N) is 1. The lowest BCUT2D eigenvalue weighted by atomic mass is 9.64. The molecule has 0 radical (unpaired) electrons. The predicted molar refractivity (Wildman–Crippen MR) is 60.4 cm³/mol. The molecular formula is C12H24N2. The lowest BCUT2D eigenvalue weighted by Gasteiger charge is -2.49. The van der Waals surface area contributed by atoms with Crippen LogP contribution in [0.2, 0.25) is 0 Å². The van der Waals surface area contributed by atoms with Gasteiger partial charge in [0.2, 0.25) is 0 Å². The van der Waals surface area contributed by atoms with E-state index < -0.39 is 0 Å². The predicted octanol–water partition coefficient (Wildman–Crippen LogP) is 1.72. The zero-order chi connectivity index (χ0) is 10.0. The van der Waals surface area contributed by atoms with Crippen molar-refractivity contribution in [3.05, 3.63) is 0 Å². The molecule has 0 aromatic heterocycles. The van der Waals surface area contributed by atoms with E-state index in [2.05, 4.69) is 24.2 Å². The summed E-state index contributed by atoms with van der Waals surface area (Å²) in [6, 6.07) is 0. The Morgan fingerprint density at radius 2 is 2.00 bits per heavy atom. The highest BCUT2D eigenvalue weighted by Gasteiger charge is 2.41. The molecule has 2 nitrogen and oxygen atoms in total. The van der Waals surface area contributed by atoms with Gasteiger partial charge in [0.05, 0.1) is 0 Å². The summed E-state index contributed by atoms with van der Waals surface area (Å²) < 4.78 is 0. The van der Waals surface area contributed by atoms with Crippen LogP contribution >= 0.6 is 0 Å². The monoisotopic (exact) mass is 196 g/mol. The lowest BCUT2D eigenvalue weighted by molar-refractivity contribution is 0.0287. The molecule has 82 valence electrons. The van der Waals surface area contributed by atoms with Crippen molar-refractivity contribution in [2.24, 2.45) is 11.3 Å². The third-order valence-electron chi connectivity index (χ3n) is 4.53. The van der Waals surface area contributed by atoms with Crippen LogP contribution < -0.4 is 5.32 Å². The third-order valence-corrected chi connectivity index (χ3v) is 4.53. The molecule has 2 saturated heterocycles. The van der Waals surface area contributed by atoms with Gasteiger partial charge in [-0.25, -0.2) is 0 Å². The van der Waals surface area contributed by atoms with Gasteiger partial charge in [0.1, 0.15) is 0 Å². The Kier molecular flexibility index (Phi) is 3.13. The van der Waals surface area contributed by atoms with E-state index in [4.69, 9.17) is 0 Å². The molecule has 2 aliphatic rings. The second-order valence-electron chi connectivity index (χ2n) is 5.22. The minimum absolute atomic E-state index is 0.701. The fourth-order valence-corrected chi connectivity index (χ4v) is 3.33. The summed E-state index contributed by atoms with van der Waals surface area (Å²) in [4.78, 5) is 2.49. The molecule has 2 aliphatic heterocycles. The largest absolute Gasteiger partial charge is 0.316 e. The van der Waals surface area contributed by atoms with Crippen LogP contribution in [-0.2, 0) is 0 Å². The third kappa shape index (κ3) is 1.82. The van der Waals surface area contributed by atoms with Crippen molar-refractivity contribution in [2.75, 3.05) is 33.2 Å². The summed E-state index contributed by atoms with van der Waals surface area (Å²) in [5.41, 5.74) is 0.701. The van der Waals surface area contributed by atoms with Crippen molar-refractivity contribution < 1.29 is 0 Å². The Labute approximate surface area is 88.1 Å². The van der Waals surface area contributed by atoms with Gasteiger partial charge in [0, 0.05) is 0 Å². The normalized spacial score (nSPS) is 33.4. The molecule has 1 atom stereocenters. The molecule has 0 amide bonds. The van der Waals surface area contributed by atoms with E-state index in [1.165, 1.54) is 51.9 Å². The van der Waals surface area contributed by atoms with Crippen LogP contribution in [-0.4, -0.2) is 38.1 Å². The van der Waals surface area contributed by atoms with Crippen molar-refractivity contribution in [2.45, 2.75) is 32.6 Å². The van der Waals surface area contributed by atoms with Gasteiger partial charge in [-0.3, -0.25) is 0 Å². The summed E-state index contributed by atoms with van der Waals surface area (Å²) in [7, 11) is 2.26. The standard InChI is InChI=1S/C12H24N2/c1-3-11-10-13-7-4-12(11)5-8-14(2)9-6-12/h11,13H,3-10H2,1-2H3. The van der Waals surface area contributed by atoms with Gasteiger partial charge in [-0.05, 0) is 63.8 Å². The average molecular weight is 196 g/mol. The summed E-state index contributed by atoms with van der Waals surface area (Å²) in [6.45, 7) is 7.51. The van der Waals surface area contributed by atoms with E-state index in [-0.39, 0.29) is 0 Å². The van der Waals surface area contributed by atoms with Crippen LogP contribution in [0.15, 0.2) is 0 Å². The van der Waals surface area contributed by atoms with Crippen molar-refractivity contribution in [3.63, 3.8) is 0 Å². The molecule has 1 unspecified atom stereocenters. The zero-order valence-electron chi connectivity index (χ0n) is 9.68. The van der Waals surface area contributed by atoms with Gasteiger partial charge in [0.25, 0.3) is 0 Å². The molecule has 2 heteroatoms. The van der Waals surface area contributed by atoms with E-state index in [0.29, 0.717) is 5.41 Å². The van der Waals surface area contributed by atoms with Crippen LogP contribution in [0.25, 0.3) is 0 Å². The molecule has 0 aromatic rings. The number of nitrogens with zero attached hydrogens (tertiary/aromatic N) is 1. The van der Waals surface area contributed by atoms with Crippen LogP contribution in [0.4, 0.5) is 0 Å². The summed E-state index contributed by atoms with van der Waals surface area (Å²) in [5.74, 6) is 0.935. The highest BCUT2D eigenvalue weighted by atomic mass is 15.1. The first-order chi connectivity index (χ1) is 6.77. The first kappa shape index (κ1) is 10.4. The van der Waals surface area contributed by atoms with Crippen LogP contribution in [0, 0.1) is 11.3 Å². The SMILES string of the molecule is CCC1CNCCC12CCN(C)CC2. The molecule has 2 heterocycles. The number of rotatable bonds is 1. The molecule has 14 heavy (non-hydrogen) atoms. The Hall–Kier alpha value is -0.0800. The molecular weight excluding hydrogens is 172 g/mol. The summed E-state index contributed by atoms with van der Waals surface area (Å²) in [5, 5.41) is 3.55. The molecule has 0 saturated carbocycles. The number of hydrogen-bond acceptors (Lipinski definition) is 2. The van der Waals surface area contributed by atoms with Crippen molar-refractivity contribution >= 4 is 0 Å². The molecule has 0 aromatic carbocycles. The van der Waals surface area contributed by atoms with Crippen LogP contribution in [0.3, 0.4) is 0 Å². The van der Waals surface area contributed by atoms with Crippen LogP contribution in [0.5, 0.6) is 0 Å². The molecule has 1 N–H and O–H groups in total. The first-order valence-corrected chi connectivity index (χ1v) is 6.16. The van der Waals surface area contributed by atoms with E-state index in [9.17, 15) is 0 Å². The molecule has 2 rings (SSSR count). The molecule has 0 aliphatic carbocycles. The van der Waals surface area contributed by atoms with Crippen molar-refractivity contribution in [1.82, 2.24) is 10.2 Å². The highest BCUT2D eigenvalue weighted by molar-refractivity contribution is 4.94. The minimum atomic E-state index is 0.701. The lowest BCUT2D eigenvalue weighted by Crippen LogP contribution is -2.50. The maximum absolute atomic E-state index is 3.55. The van der Waals surface area contributed by atoms with Gasteiger partial charge >= 0.3 is 0 Å². The molecule has 0 bridgehead atoms.